The normalized spacial score (nSPS) is 16.4. The van der Waals surface area contributed by atoms with Crippen molar-refractivity contribution in [3.8, 4) is 11.5 Å². The lowest BCUT2D eigenvalue weighted by molar-refractivity contribution is 0.0852. The van der Waals surface area contributed by atoms with Crippen LogP contribution in [0.2, 0.25) is 0 Å². The van der Waals surface area contributed by atoms with E-state index in [1.165, 1.54) is 15.9 Å². The quantitative estimate of drug-likeness (QED) is 0.444. The van der Waals surface area contributed by atoms with Crippen molar-refractivity contribution in [1.82, 2.24) is 14.6 Å². The molecule has 2 aromatic heterocycles. The first-order valence-corrected chi connectivity index (χ1v) is 10.4. The molecule has 0 bridgehead atoms. The van der Waals surface area contributed by atoms with Crippen LogP contribution >= 0.6 is 11.3 Å². The summed E-state index contributed by atoms with van der Waals surface area (Å²) in [5, 5.41) is 6.65. The van der Waals surface area contributed by atoms with Gasteiger partial charge in [0, 0.05) is 0 Å². The molecule has 1 aliphatic heterocycles. The largest absolute Gasteiger partial charge is 0.485 e. The van der Waals surface area contributed by atoms with Gasteiger partial charge >= 0.3 is 0 Å². The van der Waals surface area contributed by atoms with E-state index < -0.39 is 6.10 Å². The highest BCUT2D eigenvalue weighted by Gasteiger charge is 2.27. The third kappa shape index (κ3) is 2.74. The molecule has 0 saturated carbocycles. The van der Waals surface area contributed by atoms with E-state index >= 15 is 0 Å². The van der Waals surface area contributed by atoms with E-state index in [0.717, 1.165) is 16.3 Å². The van der Waals surface area contributed by atoms with E-state index in [2.05, 4.69) is 28.3 Å². The highest BCUT2D eigenvalue weighted by Crippen LogP contribution is 2.35. The monoisotopic (exact) mass is 413 g/mol. The molecule has 0 fully saturated rings. The molecule has 0 N–H and O–H groups in total. The van der Waals surface area contributed by atoms with Gasteiger partial charge in [-0.15, -0.1) is 5.10 Å². The fourth-order valence-electron chi connectivity index (χ4n) is 3.65. The van der Waals surface area contributed by atoms with E-state index in [4.69, 9.17) is 9.47 Å². The first-order chi connectivity index (χ1) is 14.8. The molecule has 3 aromatic carbocycles. The summed E-state index contributed by atoms with van der Waals surface area (Å²) >= 11 is 1.32. The van der Waals surface area contributed by atoms with Crippen molar-refractivity contribution >= 4 is 33.1 Å². The molecule has 6 rings (SSSR count). The zero-order valence-electron chi connectivity index (χ0n) is 15.7. The third-order valence-electron chi connectivity index (χ3n) is 5.10. The number of nitrogens with zero attached hydrogens (tertiary/aromatic N) is 3. The Morgan fingerprint density at radius 3 is 2.70 bits per heavy atom. The number of ether oxygens (including phenoxy) is 2. The summed E-state index contributed by atoms with van der Waals surface area (Å²) in [6.45, 7) is 0.304. The Bertz CT molecular complexity index is 1520. The smallest absolute Gasteiger partial charge is 0.291 e. The van der Waals surface area contributed by atoms with Crippen LogP contribution in [0.5, 0.6) is 11.5 Å². The maximum Gasteiger partial charge on any atom is 0.291 e. The Balaban J connectivity index is 1.40. The molecule has 1 aliphatic rings. The summed E-state index contributed by atoms with van der Waals surface area (Å²) in [6.07, 6.45) is 1.46. The van der Waals surface area contributed by atoms with Gasteiger partial charge in [-0.2, -0.15) is 9.50 Å². The summed E-state index contributed by atoms with van der Waals surface area (Å²) in [7, 11) is 0. The van der Waals surface area contributed by atoms with E-state index in [0.29, 0.717) is 33.4 Å². The topological polar surface area (TPSA) is 65.7 Å². The van der Waals surface area contributed by atoms with Gasteiger partial charge < -0.3 is 9.47 Å². The summed E-state index contributed by atoms with van der Waals surface area (Å²) < 4.78 is 13.6. The predicted octanol–water partition coefficient (Wildman–Crippen LogP) is 3.36. The second-order valence-electron chi connectivity index (χ2n) is 7.01. The zero-order valence-corrected chi connectivity index (χ0v) is 16.5. The lowest BCUT2D eigenvalue weighted by atomic mass is 10.0. The van der Waals surface area contributed by atoms with E-state index in [-0.39, 0.29) is 5.56 Å². The third-order valence-corrected chi connectivity index (χ3v) is 6.06. The minimum atomic E-state index is -0.447. The van der Waals surface area contributed by atoms with Crippen LogP contribution in [0.3, 0.4) is 0 Å². The number of rotatable bonds is 2. The molecule has 30 heavy (non-hydrogen) atoms. The van der Waals surface area contributed by atoms with Crippen LogP contribution in [-0.4, -0.2) is 21.2 Å². The van der Waals surface area contributed by atoms with Crippen LogP contribution in [-0.2, 0) is 0 Å². The Morgan fingerprint density at radius 1 is 1.00 bits per heavy atom. The van der Waals surface area contributed by atoms with Gasteiger partial charge in [-0.3, -0.25) is 4.79 Å². The molecule has 0 aliphatic carbocycles. The van der Waals surface area contributed by atoms with Gasteiger partial charge in [0.25, 0.3) is 5.56 Å². The molecule has 5 aromatic rings. The zero-order chi connectivity index (χ0) is 20.1. The summed E-state index contributed by atoms with van der Waals surface area (Å²) in [4.78, 5) is 18.0. The van der Waals surface area contributed by atoms with Gasteiger partial charge in [0.05, 0.1) is 4.53 Å². The number of hydrogen-bond donors (Lipinski definition) is 0. The standard InChI is InChI=1S/C23H15N3O3S/c27-22-20(12-15-8-5-7-14-6-1-2-9-16(14)15)30-23-24-21(25-26(22)23)19-13-28-17-10-3-4-11-18(17)29-19/h1-12,19H,13H2. The lowest BCUT2D eigenvalue weighted by Gasteiger charge is -2.24. The molecule has 1 atom stereocenters. The first kappa shape index (κ1) is 17.2. The van der Waals surface area contributed by atoms with Gasteiger partial charge in [0.1, 0.15) is 6.61 Å². The molecule has 0 spiro atoms. The van der Waals surface area contributed by atoms with Crippen LogP contribution in [0.1, 0.15) is 17.5 Å². The number of hydrogen-bond acceptors (Lipinski definition) is 6. The second-order valence-corrected chi connectivity index (χ2v) is 8.02. The fraction of sp³-hybridized carbons (Fsp3) is 0.0870. The van der Waals surface area contributed by atoms with Crippen molar-refractivity contribution in [1.29, 1.82) is 0 Å². The van der Waals surface area contributed by atoms with Crippen LogP contribution in [0.15, 0.2) is 71.5 Å². The maximum atomic E-state index is 12.9. The minimum Gasteiger partial charge on any atom is -0.485 e. The highest BCUT2D eigenvalue weighted by atomic mass is 32.1. The van der Waals surface area contributed by atoms with Gasteiger partial charge in [-0.05, 0) is 34.5 Å². The Morgan fingerprint density at radius 2 is 1.80 bits per heavy atom. The number of benzene rings is 3. The molecular formula is C23H15N3O3S. The average molecular weight is 413 g/mol. The van der Waals surface area contributed by atoms with Crippen molar-refractivity contribution in [2.45, 2.75) is 6.10 Å². The first-order valence-electron chi connectivity index (χ1n) is 9.54. The molecule has 1 unspecified atom stereocenters. The molecule has 146 valence electrons. The second kappa shape index (κ2) is 6.67. The Hall–Kier alpha value is -3.71. The summed E-state index contributed by atoms with van der Waals surface area (Å²) in [6, 6.07) is 21.7. The Kier molecular flexibility index (Phi) is 3.82. The Labute approximate surface area is 174 Å². The molecule has 6 nitrogen and oxygen atoms in total. The average Bonchev–Trinajstić information content (AvgIpc) is 3.33. The molecule has 0 amide bonds. The van der Waals surface area contributed by atoms with Crippen molar-refractivity contribution < 1.29 is 9.47 Å². The number of aromatic nitrogens is 3. The lowest BCUT2D eigenvalue weighted by Crippen LogP contribution is -2.26. The van der Waals surface area contributed by atoms with Crippen molar-refractivity contribution in [2.75, 3.05) is 6.61 Å². The molecular weight excluding hydrogens is 398 g/mol. The molecule has 3 heterocycles. The van der Waals surface area contributed by atoms with Gasteiger partial charge in [-0.25, -0.2) is 0 Å². The maximum absolute atomic E-state index is 12.9. The van der Waals surface area contributed by atoms with Crippen LogP contribution in [0.4, 0.5) is 0 Å². The van der Waals surface area contributed by atoms with Crippen molar-refractivity contribution in [2.24, 2.45) is 0 Å². The van der Waals surface area contributed by atoms with Gasteiger partial charge in [0.15, 0.2) is 23.4 Å². The minimum absolute atomic E-state index is 0.182. The fourth-order valence-corrected chi connectivity index (χ4v) is 4.56. The number of fused-ring (bicyclic) bond motifs is 3. The van der Waals surface area contributed by atoms with Crippen LogP contribution < -0.4 is 19.6 Å². The van der Waals surface area contributed by atoms with Crippen molar-refractivity contribution in [3.63, 3.8) is 0 Å². The van der Waals surface area contributed by atoms with Crippen LogP contribution in [0, 0.1) is 0 Å². The molecule has 0 saturated heterocycles. The van der Waals surface area contributed by atoms with E-state index in [9.17, 15) is 4.79 Å². The number of thiazole rings is 1. The van der Waals surface area contributed by atoms with Gasteiger partial charge in [0.2, 0.25) is 4.96 Å². The molecule has 0 radical (unpaired) electrons. The highest BCUT2D eigenvalue weighted by molar-refractivity contribution is 7.15. The SMILES string of the molecule is O=c1c(=Cc2cccc3ccccc23)sc2nc(C3COc4ccccc4O3)nn12. The number of para-hydroxylation sites is 2. The summed E-state index contributed by atoms with van der Waals surface area (Å²) in [5.74, 6) is 1.80. The van der Waals surface area contributed by atoms with Crippen molar-refractivity contribution in [3.05, 3.63) is 93.0 Å². The van der Waals surface area contributed by atoms with Gasteiger partial charge in [-0.1, -0.05) is 65.9 Å². The van der Waals surface area contributed by atoms with E-state index in [1.54, 1.807) is 0 Å². The molecule has 7 heteroatoms. The van der Waals surface area contributed by atoms with Crippen LogP contribution in [0.25, 0.3) is 21.8 Å². The summed E-state index contributed by atoms with van der Waals surface area (Å²) in [5.41, 5.74) is 0.814. The predicted molar refractivity (Wildman–Crippen MR) is 115 cm³/mol. The van der Waals surface area contributed by atoms with E-state index in [1.807, 2.05) is 54.6 Å².